The van der Waals surface area contributed by atoms with Gasteiger partial charge in [0, 0.05) is 23.2 Å². The van der Waals surface area contributed by atoms with Gasteiger partial charge in [-0.3, -0.25) is 14.9 Å². The van der Waals surface area contributed by atoms with E-state index in [2.05, 4.69) is 29.6 Å². The number of rotatable bonds is 5. The van der Waals surface area contributed by atoms with Gasteiger partial charge < -0.3 is 5.32 Å². The minimum atomic E-state index is -0.462. The lowest BCUT2D eigenvalue weighted by Gasteiger charge is -2.20. The van der Waals surface area contributed by atoms with Gasteiger partial charge in [0.25, 0.3) is 5.69 Å². The molecule has 0 heterocycles. The van der Waals surface area contributed by atoms with Crippen LogP contribution in [0.4, 0.5) is 11.4 Å². The highest BCUT2D eigenvalue weighted by Gasteiger charge is 2.60. The molecule has 146 valence electrons. The Bertz CT molecular complexity index is 1060. The van der Waals surface area contributed by atoms with Gasteiger partial charge in [-0.05, 0) is 37.5 Å². The molecule has 1 fully saturated rings. The lowest BCUT2D eigenvalue weighted by molar-refractivity contribution is -0.384. The van der Waals surface area contributed by atoms with E-state index in [1.165, 1.54) is 12.1 Å². The first kappa shape index (κ1) is 18.9. The van der Waals surface area contributed by atoms with Crippen molar-refractivity contribution < 1.29 is 9.72 Å². The molecule has 1 aliphatic rings. The first-order chi connectivity index (χ1) is 13.9. The number of nitro benzene ring substituents is 1. The van der Waals surface area contributed by atoms with Crippen LogP contribution in [0, 0.1) is 29.9 Å². The third-order valence-electron chi connectivity index (χ3n) is 5.67. The van der Waals surface area contributed by atoms with E-state index >= 15 is 0 Å². The zero-order valence-corrected chi connectivity index (χ0v) is 16.4. The predicted molar refractivity (Wildman–Crippen MR) is 113 cm³/mol. The van der Waals surface area contributed by atoms with Gasteiger partial charge in [-0.2, -0.15) is 0 Å². The van der Waals surface area contributed by atoms with Gasteiger partial charge in [-0.25, -0.2) is 0 Å². The van der Waals surface area contributed by atoms with Crippen molar-refractivity contribution in [3.63, 3.8) is 0 Å². The van der Waals surface area contributed by atoms with Gasteiger partial charge in [-0.15, -0.1) is 0 Å². The summed E-state index contributed by atoms with van der Waals surface area (Å²) in [4.78, 5) is 23.7. The number of nitrogens with one attached hydrogen (secondary N) is 1. The van der Waals surface area contributed by atoms with E-state index in [9.17, 15) is 14.9 Å². The topological polar surface area (TPSA) is 72.2 Å². The predicted octanol–water partition coefficient (Wildman–Crippen LogP) is 5.16. The fourth-order valence-corrected chi connectivity index (χ4v) is 4.16. The molecule has 1 amide bonds. The number of carbonyl (C=O) groups is 1. The average Bonchev–Trinajstić information content (AvgIpc) is 3.45. The molecular formula is C24H22N2O3. The van der Waals surface area contributed by atoms with Crippen LogP contribution in [0.15, 0.2) is 72.8 Å². The first-order valence-corrected chi connectivity index (χ1v) is 9.60. The summed E-state index contributed by atoms with van der Waals surface area (Å²) in [6, 6.07) is 22.6. The standard InChI is InChI=1S/C24H22N2O3/c1-16-6-3-8-18(12-16)24(19-9-4-7-17(2)13-19)15-22(24)23(27)25-20-10-5-11-21(14-20)26(28)29/h3-14,22H,15H2,1-2H3,(H,25,27)/t22-/m1/s1. The molecule has 5 nitrogen and oxygen atoms in total. The van der Waals surface area contributed by atoms with Gasteiger partial charge in [0.15, 0.2) is 0 Å². The normalized spacial score (nSPS) is 16.8. The summed E-state index contributed by atoms with van der Waals surface area (Å²) in [5.74, 6) is -0.348. The maximum Gasteiger partial charge on any atom is 0.271 e. The molecule has 0 bridgehead atoms. The molecule has 1 atom stereocenters. The minimum absolute atomic E-state index is 0.0396. The van der Waals surface area contributed by atoms with Crippen LogP contribution in [0.2, 0.25) is 0 Å². The quantitative estimate of drug-likeness (QED) is 0.486. The molecular weight excluding hydrogens is 364 g/mol. The van der Waals surface area contributed by atoms with Crippen LogP contribution in [-0.4, -0.2) is 10.8 Å². The molecule has 0 unspecified atom stereocenters. The van der Waals surface area contributed by atoms with E-state index in [4.69, 9.17) is 0 Å². The molecule has 0 spiro atoms. The Hall–Kier alpha value is -3.47. The molecule has 3 aromatic rings. The number of anilines is 1. The van der Waals surface area contributed by atoms with Gasteiger partial charge in [0.2, 0.25) is 5.91 Å². The summed E-state index contributed by atoms with van der Waals surface area (Å²) >= 11 is 0. The van der Waals surface area contributed by atoms with Crippen molar-refractivity contribution in [1.82, 2.24) is 0 Å². The number of carbonyl (C=O) groups excluding carboxylic acids is 1. The molecule has 1 saturated carbocycles. The highest BCUT2D eigenvalue weighted by Crippen LogP contribution is 2.59. The molecule has 0 aliphatic heterocycles. The average molecular weight is 386 g/mol. The van der Waals surface area contributed by atoms with Crippen molar-refractivity contribution in [2.24, 2.45) is 5.92 Å². The molecule has 4 rings (SSSR count). The highest BCUT2D eigenvalue weighted by atomic mass is 16.6. The van der Waals surface area contributed by atoms with Gasteiger partial charge in [0.05, 0.1) is 10.8 Å². The molecule has 0 saturated heterocycles. The van der Waals surface area contributed by atoms with E-state index in [0.717, 1.165) is 22.3 Å². The van der Waals surface area contributed by atoms with E-state index in [1.54, 1.807) is 12.1 Å². The van der Waals surface area contributed by atoms with Crippen LogP contribution in [0.1, 0.15) is 28.7 Å². The molecule has 3 aromatic carbocycles. The summed E-state index contributed by atoms with van der Waals surface area (Å²) < 4.78 is 0. The Morgan fingerprint density at radius 3 is 2.10 bits per heavy atom. The Balaban J connectivity index is 1.68. The van der Waals surface area contributed by atoms with Gasteiger partial charge in [-0.1, -0.05) is 65.7 Å². The van der Waals surface area contributed by atoms with Crippen LogP contribution in [-0.2, 0) is 10.2 Å². The van der Waals surface area contributed by atoms with E-state index in [0.29, 0.717) is 12.1 Å². The third-order valence-corrected chi connectivity index (χ3v) is 5.67. The number of amides is 1. The smallest absolute Gasteiger partial charge is 0.271 e. The Kier molecular flexibility index (Phi) is 4.66. The SMILES string of the molecule is Cc1cccc(C2(c3cccc(C)c3)C[C@@H]2C(=O)Nc2cccc([N+](=O)[O-])c2)c1. The molecule has 0 aromatic heterocycles. The molecule has 1 N–H and O–H groups in total. The molecule has 1 aliphatic carbocycles. The zero-order chi connectivity index (χ0) is 20.6. The van der Waals surface area contributed by atoms with Gasteiger partial charge >= 0.3 is 0 Å². The Labute approximate surface area is 169 Å². The van der Waals surface area contributed by atoms with Crippen molar-refractivity contribution in [2.45, 2.75) is 25.7 Å². The number of nitrogens with zero attached hydrogens (tertiary/aromatic N) is 1. The maximum atomic E-state index is 13.1. The number of hydrogen-bond donors (Lipinski definition) is 1. The second-order valence-electron chi connectivity index (χ2n) is 7.76. The fourth-order valence-electron chi connectivity index (χ4n) is 4.16. The van der Waals surface area contributed by atoms with Crippen LogP contribution < -0.4 is 5.32 Å². The number of benzene rings is 3. The second kappa shape index (κ2) is 7.17. The van der Waals surface area contributed by atoms with E-state index < -0.39 is 4.92 Å². The van der Waals surface area contributed by atoms with Crippen LogP contribution >= 0.6 is 0 Å². The molecule has 29 heavy (non-hydrogen) atoms. The second-order valence-corrected chi connectivity index (χ2v) is 7.76. The van der Waals surface area contributed by atoms with E-state index in [-0.39, 0.29) is 22.9 Å². The summed E-state index contributed by atoms with van der Waals surface area (Å²) in [6.07, 6.45) is 0.709. The van der Waals surface area contributed by atoms with Crippen molar-refractivity contribution in [2.75, 3.05) is 5.32 Å². The molecule has 0 radical (unpaired) electrons. The summed E-state index contributed by atoms with van der Waals surface area (Å²) in [7, 11) is 0. The van der Waals surface area contributed by atoms with Crippen molar-refractivity contribution in [3.05, 3.63) is 105 Å². The largest absolute Gasteiger partial charge is 0.326 e. The summed E-state index contributed by atoms with van der Waals surface area (Å²) in [5, 5.41) is 13.9. The number of hydrogen-bond acceptors (Lipinski definition) is 3. The fraction of sp³-hybridized carbons (Fsp3) is 0.208. The Morgan fingerprint density at radius 2 is 1.55 bits per heavy atom. The lowest BCUT2D eigenvalue weighted by atomic mass is 9.84. The lowest BCUT2D eigenvalue weighted by Crippen LogP contribution is -2.22. The van der Waals surface area contributed by atoms with Crippen LogP contribution in [0.25, 0.3) is 0 Å². The van der Waals surface area contributed by atoms with Crippen LogP contribution in [0.3, 0.4) is 0 Å². The minimum Gasteiger partial charge on any atom is -0.326 e. The van der Waals surface area contributed by atoms with Crippen LogP contribution in [0.5, 0.6) is 0 Å². The monoisotopic (exact) mass is 386 g/mol. The van der Waals surface area contributed by atoms with Gasteiger partial charge in [0.1, 0.15) is 0 Å². The van der Waals surface area contributed by atoms with Crippen molar-refractivity contribution in [3.8, 4) is 0 Å². The summed E-state index contributed by atoms with van der Waals surface area (Å²) in [5.41, 5.74) is 4.59. The maximum absolute atomic E-state index is 13.1. The Morgan fingerprint density at radius 1 is 0.966 bits per heavy atom. The van der Waals surface area contributed by atoms with Crippen molar-refractivity contribution in [1.29, 1.82) is 0 Å². The van der Waals surface area contributed by atoms with E-state index in [1.807, 2.05) is 38.1 Å². The van der Waals surface area contributed by atoms with Crippen molar-refractivity contribution >= 4 is 17.3 Å². The third kappa shape index (κ3) is 3.51. The number of non-ortho nitro benzene ring substituents is 1. The zero-order valence-electron chi connectivity index (χ0n) is 16.4. The molecule has 5 heteroatoms. The first-order valence-electron chi connectivity index (χ1n) is 9.60. The number of aryl methyl sites for hydroxylation is 2. The number of nitro groups is 1. The summed E-state index contributed by atoms with van der Waals surface area (Å²) in [6.45, 7) is 4.10. The highest BCUT2D eigenvalue weighted by molar-refractivity contribution is 5.97.